The van der Waals surface area contributed by atoms with Crippen molar-refractivity contribution in [3.05, 3.63) is 63.1 Å². The number of H-pyrrole nitrogens is 1. The lowest BCUT2D eigenvalue weighted by atomic mass is 9.82. The number of piperidine rings is 1. The molecule has 0 radical (unpaired) electrons. The third kappa shape index (κ3) is 5.25. The van der Waals surface area contributed by atoms with E-state index < -0.39 is 9.71 Å². The normalized spacial score (nSPS) is 17.5. The van der Waals surface area contributed by atoms with Crippen LogP contribution in [0.4, 0.5) is 0 Å². The molecule has 0 aromatic carbocycles. The summed E-state index contributed by atoms with van der Waals surface area (Å²) < 4.78 is 22.3. The summed E-state index contributed by atoms with van der Waals surface area (Å²) in [6.07, 6.45) is 7.77. The highest BCUT2D eigenvalue weighted by Gasteiger charge is 2.32. The number of rotatable bonds is 9. The quantitative estimate of drug-likeness (QED) is 0.337. The smallest absolute Gasteiger partial charge is 0.255 e. The fourth-order valence-corrected chi connectivity index (χ4v) is 6.99. The Labute approximate surface area is 219 Å². The van der Waals surface area contributed by atoms with Gasteiger partial charge in [-0.1, -0.05) is 13.8 Å². The van der Waals surface area contributed by atoms with Gasteiger partial charge in [0.2, 0.25) is 0 Å². The van der Waals surface area contributed by atoms with E-state index in [1.54, 1.807) is 25.4 Å². The molecule has 1 saturated heterocycles. The minimum atomic E-state index is -2.18. The number of pyridine rings is 1. The third-order valence-electron chi connectivity index (χ3n) is 7.92. The third-order valence-corrected chi connectivity index (χ3v) is 10.1. The second-order valence-corrected chi connectivity index (χ2v) is 12.7. The van der Waals surface area contributed by atoms with E-state index in [-0.39, 0.29) is 23.7 Å². The first-order chi connectivity index (χ1) is 17.6. The number of carbonyl (C=O) groups excluding carboxylic acids is 1. The van der Waals surface area contributed by atoms with Crippen molar-refractivity contribution in [1.29, 1.82) is 0 Å². The number of nitrogens with zero attached hydrogens (tertiary/aromatic N) is 3. The summed E-state index contributed by atoms with van der Waals surface area (Å²) in [7, 11) is -0.649. The zero-order valence-corrected chi connectivity index (χ0v) is 23.3. The molecule has 0 spiro atoms. The Balaban J connectivity index is 1.61. The van der Waals surface area contributed by atoms with Gasteiger partial charge in [-0.05, 0) is 62.4 Å². The van der Waals surface area contributed by atoms with Crippen LogP contribution >= 0.6 is 0 Å². The summed E-state index contributed by atoms with van der Waals surface area (Å²) in [5, 5.41) is 0. The Morgan fingerprint density at radius 1 is 1.32 bits per heavy atom. The number of ketones is 1. The van der Waals surface area contributed by atoms with Gasteiger partial charge >= 0.3 is 0 Å². The number of Topliss-reactive ketones (excluding diaryl/α,β-unsaturated/α-hetero) is 1. The van der Waals surface area contributed by atoms with E-state index in [0.717, 1.165) is 42.7 Å². The first-order valence-electron chi connectivity index (χ1n) is 12.9. The average Bonchev–Trinajstić information content (AvgIpc) is 3.18. The van der Waals surface area contributed by atoms with Gasteiger partial charge in [0.05, 0.1) is 24.4 Å². The SMILES string of the molecule is C=S(=O)(CC)N1CCC(C(C)c2c(C)c(C(=O)CCc3c(OC)cc(C)[nH]c3=O)c3cnccn23)CC1. The fraction of sp³-hybridized carbons (Fsp3) is 0.500. The number of carbonyl (C=O) groups is 1. The molecular weight excluding hydrogens is 488 g/mol. The summed E-state index contributed by atoms with van der Waals surface area (Å²) in [4.78, 5) is 33.2. The standard InChI is InChI=1S/C28H38N4O4S/c1-7-37(6,35)31-13-10-21(11-14-31)19(3)27-20(4)26(23-17-29-12-15-32(23)27)24(33)9-8-22-25(36-5)16-18(2)30-28(22)34/h12,15-17,19,21H,6-11,13-14H2,1-5H3,(H,30,34). The number of hydrogen-bond donors (Lipinski definition) is 1. The van der Waals surface area contributed by atoms with E-state index >= 15 is 0 Å². The van der Waals surface area contributed by atoms with Gasteiger partial charge < -0.3 is 14.1 Å². The summed E-state index contributed by atoms with van der Waals surface area (Å²) in [5.41, 5.74) is 4.52. The van der Waals surface area contributed by atoms with Crippen LogP contribution in [0.2, 0.25) is 0 Å². The lowest BCUT2D eigenvalue weighted by Gasteiger charge is -2.36. The predicted molar refractivity (Wildman–Crippen MR) is 149 cm³/mol. The number of fused-ring (bicyclic) bond motifs is 1. The van der Waals surface area contributed by atoms with E-state index in [0.29, 0.717) is 40.7 Å². The van der Waals surface area contributed by atoms with Gasteiger partial charge in [0, 0.05) is 64.3 Å². The molecule has 0 aliphatic carbocycles. The monoisotopic (exact) mass is 526 g/mol. The lowest BCUT2D eigenvalue weighted by molar-refractivity contribution is 0.0983. The Morgan fingerprint density at radius 3 is 2.68 bits per heavy atom. The van der Waals surface area contributed by atoms with Gasteiger partial charge in [0.1, 0.15) is 5.75 Å². The number of hydrogen-bond acceptors (Lipinski definition) is 5. The van der Waals surface area contributed by atoms with Gasteiger partial charge in [-0.3, -0.25) is 18.8 Å². The summed E-state index contributed by atoms with van der Waals surface area (Å²) in [6.45, 7) is 9.51. The van der Waals surface area contributed by atoms with Crippen LogP contribution < -0.4 is 10.3 Å². The van der Waals surface area contributed by atoms with Crippen LogP contribution in [-0.4, -0.2) is 60.5 Å². The second-order valence-electron chi connectivity index (χ2n) is 10.1. The van der Waals surface area contributed by atoms with Gasteiger partial charge in [0.15, 0.2) is 5.78 Å². The van der Waals surface area contributed by atoms with E-state index in [1.807, 2.05) is 24.3 Å². The molecule has 2 atom stereocenters. The van der Waals surface area contributed by atoms with Crippen molar-refractivity contribution in [2.24, 2.45) is 5.92 Å². The lowest BCUT2D eigenvalue weighted by Crippen LogP contribution is -2.40. The molecule has 3 aromatic rings. The van der Waals surface area contributed by atoms with Crippen molar-refractivity contribution >= 4 is 26.9 Å². The molecule has 4 heterocycles. The number of aromatic amines is 1. The average molecular weight is 527 g/mol. The highest BCUT2D eigenvalue weighted by molar-refractivity contribution is 7.98. The van der Waals surface area contributed by atoms with Crippen molar-refractivity contribution in [3.63, 3.8) is 0 Å². The van der Waals surface area contributed by atoms with Crippen molar-refractivity contribution in [2.45, 2.75) is 59.3 Å². The summed E-state index contributed by atoms with van der Waals surface area (Å²) in [5.74, 6) is 5.62. The van der Waals surface area contributed by atoms with Crippen molar-refractivity contribution in [3.8, 4) is 5.75 Å². The molecular formula is C28H38N4O4S. The van der Waals surface area contributed by atoms with E-state index in [4.69, 9.17) is 4.74 Å². The van der Waals surface area contributed by atoms with Crippen LogP contribution in [0.25, 0.3) is 5.52 Å². The highest BCUT2D eigenvalue weighted by atomic mass is 32.2. The Morgan fingerprint density at radius 2 is 2.03 bits per heavy atom. The molecule has 0 amide bonds. The minimum Gasteiger partial charge on any atom is -0.496 e. The number of methoxy groups -OCH3 is 1. The molecule has 1 aliphatic rings. The van der Waals surface area contributed by atoms with Crippen molar-refractivity contribution in [2.75, 3.05) is 26.0 Å². The molecule has 8 nitrogen and oxygen atoms in total. The van der Waals surface area contributed by atoms with Crippen LogP contribution in [0.15, 0.2) is 29.5 Å². The predicted octanol–water partition coefficient (Wildman–Crippen LogP) is 3.93. The Hall–Kier alpha value is -2.91. The summed E-state index contributed by atoms with van der Waals surface area (Å²) in [6, 6.07) is 1.78. The second kappa shape index (κ2) is 10.8. The van der Waals surface area contributed by atoms with Gasteiger partial charge in [-0.2, -0.15) is 0 Å². The molecule has 37 heavy (non-hydrogen) atoms. The highest BCUT2D eigenvalue weighted by Crippen LogP contribution is 2.38. The Kier molecular flexibility index (Phi) is 7.94. The fourth-order valence-electron chi connectivity index (χ4n) is 5.75. The van der Waals surface area contributed by atoms with E-state index in [1.165, 1.54) is 7.11 Å². The number of ether oxygens (including phenoxy) is 1. The molecule has 1 N–H and O–H groups in total. The summed E-state index contributed by atoms with van der Waals surface area (Å²) >= 11 is 0. The van der Waals surface area contributed by atoms with Crippen molar-refractivity contribution in [1.82, 2.24) is 18.7 Å². The molecule has 1 aliphatic heterocycles. The number of aryl methyl sites for hydroxylation is 1. The molecule has 4 rings (SSSR count). The molecule has 0 saturated carbocycles. The first kappa shape index (κ1) is 27.1. The molecule has 2 unspecified atom stereocenters. The van der Waals surface area contributed by atoms with E-state index in [9.17, 15) is 13.8 Å². The maximum Gasteiger partial charge on any atom is 0.255 e. The van der Waals surface area contributed by atoms with Crippen LogP contribution in [-0.2, 0) is 16.1 Å². The Bertz CT molecular complexity index is 1460. The largest absolute Gasteiger partial charge is 0.496 e. The molecule has 9 heteroatoms. The zero-order valence-electron chi connectivity index (χ0n) is 22.5. The number of nitrogens with one attached hydrogen (secondary N) is 1. The molecule has 1 fully saturated rings. The van der Waals surface area contributed by atoms with Crippen LogP contribution in [0.3, 0.4) is 0 Å². The van der Waals surface area contributed by atoms with Crippen LogP contribution in [0.1, 0.15) is 71.9 Å². The molecule has 200 valence electrons. The minimum absolute atomic E-state index is 0.0157. The zero-order chi connectivity index (χ0) is 26.9. The maximum atomic E-state index is 13.6. The first-order valence-corrected chi connectivity index (χ1v) is 14.8. The number of aromatic nitrogens is 3. The van der Waals surface area contributed by atoms with Crippen LogP contribution in [0, 0.1) is 19.8 Å². The topological polar surface area (TPSA) is 96.8 Å². The van der Waals surface area contributed by atoms with Crippen molar-refractivity contribution < 1.29 is 13.7 Å². The van der Waals surface area contributed by atoms with Gasteiger partial charge in [0.25, 0.3) is 5.56 Å². The van der Waals surface area contributed by atoms with Crippen LogP contribution in [0.5, 0.6) is 5.75 Å². The molecule has 3 aromatic heterocycles. The van der Waals surface area contributed by atoms with E-state index in [2.05, 4.69) is 27.2 Å². The van der Waals surface area contributed by atoms with Gasteiger partial charge in [-0.25, -0.2) is 4.31 Å². The maximum absolute atomic E-state index is 13.6. The van der Waals surface area contributed by atoms with Gasteiger partial charge in [-0.15, -0.1) is 0 Å². The molecule has 0 bridgehead atoms.